The molecule has 0 aromatic heterocycles. The van der Waals surface area contributed by atoms with Gasteiger partial charge in [-0.3, -0.25) is 0 Å². The normalized spacial score (nSPS) is 49.1. The van der Waals surface area contributed by atoms with E-state index >= 15 is 0 Å². The van der Waals surface area contributed by atoms with E-state index < -0.39 is 5.60 Å². The highest BCUT2D eigenvalue weighted by molar-refractivity contribution is 5.24. The Balaban J connectivity index is 1.61. The minimum atomic E-state index is -0.577. The summed E-state index contributed by atoms with van der Waals surface area (Å²) in [7, 11) is 0. The summed E-state index contributed by atoms with van der Waals surface area (Å²) in [5.41, 5.74) is 2.61. The van der Waals surface area contributed by atoms with Crippen LogP contribution in [0.3, 0.4) is 0 Å². The van der Waals surface area contributed by atoms with Crippen molar-refractivity contribution >= 4 is 0 Å². The molecule has 3 aliphatic carbocycles. The second-order valence-corrected chi connectivity index (χ2v) is 10.7. The van der Waals surface area contributed by atoms with Crippen molar-refractivity contribution in [2.24, 2.45) is 35.0 Å². The number of ether oxygens (including phenoxy) is 1. The first kappa shape index (κ1) is 19.5. The van der Waals surface area contributed by atoms with Gasteiger partial charge in [-0.25, -0.2) is 0 Å². The average molecular weight is 371 g/mol. The number of hydrogen-bond donors (Lipinski definition) is 1. The van der Waals surface area contributed by atoms with Gasteiger partial charge in [-0.2, -0.15) is 0 Å². The topological polar surface area (TPSA) is 29.5 Å². The van der Waals surface area contributed by atoms with Crippen LogP contribution in [0, 0.1) is 35.0 Å². The fourth-order valence-corrected chi connectivity index (χ4v) is 6.92. The SMILES string of the molecule is CC(C)=C/C=C\[C@H](C)[C@H]1CC[C@]2(C)C[C@H]3[C@@H]4/C(=C\C[C@@H]12)CO[C@@H]4C[C@@]3(C)O. The van der Waals surface area contributed by atoms with E-state index in [1.54, 1.807) is 0 Å². The number of fused-ring (bicyclic) bond motifs is 1. The van der Waals surface area contributed by atoms with Gasteiger partial charge in [-0.05, 0) is 81.1 Å². The smallest absolute Gasteiger partial charge is 0.0684 e. The summed E-state index contributed by atoms with van der Waals surface area (Å²) in [6, 6.07) is 0. The highest BCUT2D eigenvalue weighted by Crippen LogP contribution is 2.61. The molecule has 0 aromatic carbocycles. The highest BCUT2D eigenvalue weighted by atomic mass is 16.5. The molecule has 1 N–H and O–H groups in total. The fraction of sp³-hybridized carbons (Fsp3) is 0.760. The summed E-state index contributed by atoms with van der Waals surface area (Å²) in [6.45, 7) is 12.1. The molecule has 3 fully saturated rings. The zero-order valence-corrected chi connectivity index (χ0v) is 17.9. The van der Waals surface area contributed by atoms with Crippen molar-refractivity contribution in [3.05, 3.63) is 35.5 Å². The molecule has 4 aliphatic rings. The van der Waals surface area contributed by atoms with E-state index in [2.05, 4.69) is 58.9 Å². The lowest BCUT2D eigenvalue weighted by molar-refractivity contribution is -0.0223. The Kier molecular flexibility index (Phi) is 4.96. The van der Waals surface area contributed by atoms with Gasteiger partial charge in [0.2, 0.25) is 0 Å². The minimum absolute atomic E-state index is 0.250. The third-order valence-electron chi connectivity index (χ3n) is 8.44. The fourth-order valence-electron chi connectivity index (χ4n) is 6.92. The van der Waals surface area contributed by atoms with Gasteiger partial charge in [-0.15, -0.1) is 0 Å². The average Bonchev–Trinajstić information content (AvgIpc) is 3.16. The van der Waals surface area contributed by atoms with E-state index in [-0.39, 0.29) is 6.10 Å². The maximum Gasteiger partial charge on any atom is 0.0684 e. The first-order valence-electron chi connectivity index (χ1n) is 11.1. The van der Waals surface area contributed by atoms with E-state index in [0.29, 0.717) is 29.1 Å². The van der Waals surface area contributed by atoms with Gasteiger partial charge in [0, 0.05) is 12.3 Å². The molecule has 150 valence electrons. The molecule has 0 spiro atoms. The van der Waals surface area contributed by atoms with Crippen LogP contribution in [0.25, 0.3) is 0 Å². The van der Waals surface area contributed by atoms with Crippen LogP contribution in [0.4, 0.5) is 0 Å². The molecule has 0 radical (unpaired) electrons. The van der Waals surface area contributed by atoms with Crippen molar-refractivity contribution in [1.82, 2.24) is 0 Å². The summed E-state index contributed by atoms with van der Waals surface area (Å²) < 4.78 is 6.10. The third-order valence-corrected chi connectivity index (χ3v) is 8.44. The molecule has 0 bridgehead atoms. The summed E-state index contributed by atoms with van der Waals surface area (Å²) in [5.74, 6) is 2.89. The van der Waals surface area contributed by atoms with Crippen LogP contribution in [-0.4, -0.2) is 23.4 Å². The van der Waals surface area contributed by atoms with E-state index in [1.165, 1.54) is 30.4 Å². The minimum Gasteiger partial charge on any atom is -0.390 e. The lowest BCUT2D eigenvalue weighted by atomic mass is 9.63. The van der Waals surface area contributed by atoms with Gasteiger partial charge in [-0.1, -0.05) is 43.7 Å². The predicted octanol–water partition coefficient (Wildman–Crippen LogP) is 5.68. The summed E-state index contributed by atoms with van der Waals surface area (Å²) in [4.78, 5) is 0. The molecule has 27 heavy (non-hydrogen) atoms. The first-order valence-corrected chi connectivity index (χ1v) is 11.1. The second kappa shape index (κ2) is 6.88. The largest absolute Gasteiger partial charge is 0.390 e. The number of rotatable bonds is 3. The molecule has 2 saturated carbocycles. The van der Waals surface area contributed by atoms with Crippen LogP contribution < -0.4 is 0 Å². The van der Waals surface area contributed by atoms with Gasteiger partial charge < -0.3 is 9.84 Å². The van der Waals surface area contributed by atoms with E-state index in [0.717, 1.165) is 25.4 Å². The summed E-state index contributed by atoms with van der Waals surface area (Å²) in [6.07, 6.45) is 15.5. The molecular formula is C25H38O2. The molecule has 0 amide bonds. The molecule has 1 aliphatic heterocycles. The number of allylic oxidation sites excluding steroid dienone is 5. The van der Waals surface area contributed by atoms with Crippen LogP contribution in [-0.2, 0) is 4.74 Å². The maximum atomic E-state index is 11.2. The monoisotopic (exact) mass is 370 g/mol. The Morgan fingerprint density at radius 1 is 1.26 bits per heavy atom. The number of aliphatic hydroxyl groups is 1. The lowest BCUT2D eigenvalue weighted by Crippen LogP contribution is -2.40. The van der Waals surface area contributed by atoms with Crippen LogP contribution in [0.15, 0.2) is 35.5 Å². The van der Waals surface area contributed by atoms with Crippen molar-refractivity contribution < 1.29 is 9.84 Å². The van der Waals surface area contributed by atoms with Crippen molar-refractivity contribution in [2.75, 3.05) is 6.61 Å². The maximum absolute atomic E-state index is 11.2. The predicted molar refractivity (Wildman–Crippen MR) is 111 cm³/mol. The summed E-state index contributed by atoms with van der Waals surface area (Å²) >= 11 is 0. The third kappa shape index (κ3) is 3.38. The Labute approximate surface area is 165 Å². The Hall–Kier alpha value is -0.860. The summed E-state index contributed by atoms with van der Waals surface area (Å²) in [5, 5.41) is 11.2. The zero-order valence-electron chi connectivity index (χ0n) is 17.9. The standard InChI is InChI=1S/C25H38O2/c1-16(2)7-6-8-17(3)19-11-12-24(4)13-21-23-18(9-10-20(19)24)15-27-22(23)14-25(21,5)26/h6-9,17,19-23,26H,10-15H2,1-5H3/b8-6-,18-9-/t17-,19+,20-,21-,22+,23-,24+,25+/m0/s1. The van der Waals surface area contributed by atoms with Crippen LogP contribution in [0.5, 0.6) is 0 Å². The first-order chi connectivity index (χ1) is 12.7. The van der Waals surface area contributed by atoms with Crippen LogP contribution >= 0.6 is 0 Å². The molecule has 1 heterocycles. The van der Waals surface area contributed by atoms with Gasteiger partial charge >= 0.3 is 0 Å². The second-order valence-electron chi connectivity index (χ2n) is 10.7. The van der Waals surface area contributed by atoms with Crippen LogP contribution in [0.2, 0.25) is 0 Å². The highest BCUT2D eigenvalue weighted by Gasteiger charge is 2.58. The van der Waals surface area contributed by atoms with Gasteiger partial charge in [0.25, 0.3) is 0 Å². The Morgan fingerprint density at radius 2 is 2.04 bits per heavy atom. The van der Waals surface area contributed by atoms with Crippen LogP contribution in [0.1, 0.15) is 66.7 Å². The van der Waals surface area contributed by atoms with E-state index in [1.807, 2.05) is 0 Å². The lowest BCUT2D eigenvalue weighted by Gasteiger charge is -2.43. The van der Waals surface area contributed by atoms with Crippen molar-refractivity contribution in [3.8, 4) is 0 Å². The molecular weight excluding hydrogens is 332 g/mol. The van der Waals surface area contributed by atoms with Crippen molar-refractivity contribution in [1.29, 1.82) is 0 Å². The van der Waals surface area contributed by atoms with Gasteiger partial charge in [0.1, 0.15) is 0 Å². The Bertz CT molecular complexity index is 666. The molecule has 0 aromatic rings. The molecule has 0 unspecified atom stereocenters. The number of hydrogen-bond acceptors (Lipinski definition) is 2. The quantitative estimate of drug-likeness (QED) is 0.511. The van der Waals surface area contributed by atoms with E-state index in [4.69, 9.17) is 4.74 Å². The molecule has 4 rings (SSSR count). The molecule has 2 heteroatoms. The van der Waals surface area contributed by atoms with Gasteiger partial charge in [0.15, 0.2) is 0 Å². The van der Waals surface area contributed by atoms with Crippen molar-refractivity contribution in [3.63, 3.8) is 0 Å². The molecule has 2 nitrogen and oxygen atoms in total. The van der Waals surface area contributed by atoms with E-state index in [9.17, 15) is 5.11 Å². The zero-order chi connectivity index (χ0) is 19.4. The molecule has 1 saturated heterocycles. The van der Waals surface area contributed by atoms with Gasteiger partial charge in [0.05, 0.1) is 18.3 Å². The Morgan fingerprint density at radius 3 is 2.78 bits per heavy atom. The van der Waals surface area contributed by atoms with Crippen molar-refractivity contribution in [2.45, 2.75) is 78.4 Å². The molecule has 8 atom stereocenters.